The molecule has 0 aromatic carbocycles. The zero-order valence-electron chi connectivity index (χ0n) is 11.1. The van der Waals surface area contributed by atoms with Gasteiger partial charge < -0.3 is 4.90 Å². The molecule has 2 aromatic rings. The lowest BCUT2D eigenvalue weighted by atomic mass is 10.1. The smallest absolute Gasteiger partial charge is 0.132 e. The van der Waals surface area contributed by atoms with Crippen molar-refractivity contribution in [1.29, 1.82) is 0 Å². The first-order valence-electron chi connectivity index (χ1n) is 6.52. The van der Waals surface area contributed by atoms with Crippen LogP contribution in [0.3, 0.4) is 0 Å². The number of halogens is 1. The second-order valence-corrected chi connectivity index (χ2v) is 7.30. The number of aromatic nitrogens is 2. The van der Waals surface area contributed by atoms with E-state index >= 15 is 0 Å². The highest BCUT2D eigenvalue weighted by molar-refractivity contribution is 9.11. The summed E-state index contributed by atoms with van der Waals surface area (Å²) in [6.07, 6.45) is 2.06. The Bertz CT molecular complexity index is 609. The quantitative estimate of drug-likeness (QED) is 0.835. The van der Waals surface area contributed by atoms with Gasteiger partial charge in [-0.2, -0.15) is 0 Å². The van der Waals surface area contributed by atoms with Gasteiger partial charge in [0.2, 0.25) is 0 Å². The van der Waals surface area contributed by atoms with E-state index in [-0.39, 0.29) is 0 Å². The summed E-state index contributed by atoms with van der Waals surface area (Å²) >= 11 is 5.41. The molecule has 0 unspecified atom stereocenters. The van der Waals surface area contributed by atoms with Gasteiger partial charge in [0.05, 0.1) is 10.3 Å². The SMILES string of the molecule is CCc1cc(N2CCc3cc(Br)sc3C2)nc(C)n1. The second kappa shape index (κ2) is 5.21. The maximum absolute atomic E-state index is 4.59. The summed E-state index contributed by atoms with van der Waals surface area (Å²) < 4.78 is 1.23. The maximum Gasteiger partial charge on any atom is 0.132 e. The average molecular weight is 338 g/mol. The number of fused-ring (bicyclic) bond motifs is 1. The third-order valence-corrected chi connectivity index (χ3v) is 5.08. The lowest BCUT2D eigenvalue weighted by Crippen LogP contribution is -2.30. The summed E-state index contributed by atoms with van der Waals surface area (Å²) in [5, 5.41) is 0. The van der Waals surface area contributed by atoms with Crippen molar-refractivity contribution in [2.24, 2.45) is 0 Å². The molecule has 100 valence electrons. The van der Waals surface area contributed by atoms with Crippen LogP contribution in [-0.2, 0) is 19.4 Å². The minimum atomic E-state index is 0.868. The molecule has 0 saturated heterocycles. The van der Waals surface area contributed by atoms with E-state index in [1.807, 2.05) is 18.3 Å². The van der Waals surface area contributed by atoms with Crippen LogP contribution in [0, 0.1) is 6.92 Å². The zero-order chi connectivity index (χ0) is 13.4. The van der Waals surface area contributed by atoms with Crippen LogP contribution in [0.2, 0.25) is 0 Å². The molecule has 0 N–H and O–H groups in total. The topological polar surface area (TPSA) is 29.0 Å². The Morgan fingerprint density at radius 1 is 1.37 bits per heavy atom. The fourth-order valence-electron chi connectivity index (χ4n) is 2.43. The zero-order valence-corrected chi connectivity index (χ0v) is 13.5. The van der Waals surface area contributed by atoms with Gasteiger partial charge in [0.15, 0.2) is 0 Å². The molecule has 0 amide bonds. The Labute approximate surface area is 125 Å². The molecule has 3 nitrogen and oxygen atoms in total. The standard InChI is InChI=1S/C14H16BrN3S/c1-3-11-7-14(17-9(2)16-11)18-5-4-10-6-13(15)19-12(10)8-18/h6-7H,3-5,8H2,1-2H3. The van der Waals surface area contributed by atoms with Gasteiger partial charge in [0.1, 0.15) is 11.6 Å². The highest BCUT2D eigenvalue weighted by atomic mass is 79.9. The van der Waals surface area contributed by atoms with Crippen molar-refractivity contribution in [3.8, 4) is 0 Å². The predicted octanol–water partition coefficient (Wildman–Crippen LogP) is 3.73. The Hall–Kier alpha value is -0.940. The first kappa shape index (κ1) is 13.1. The van der Waals surface area contributed by atoms with Crippen LogP contribution in [0.4, 0.5) is 5.82 Å². The summed E-state index contributed by atoms with van der Waals surface area (Å²) in [7, 11) is 0. The molecule has 0 spiro atoms. The van der Waals surface area contributed by atoms with Gasteiger partial charge in [0, 0.05) is 23.2 Å². The predicted molar refractivity (Wildman–Crippen MR) is 82.9 cm³/mol. The van der Waals surface area contributed by atoms with E-state index in [1.54, 1.807) is 0 Å². The summed E-state index contributed by atoms with van der Waals surface area (Å²) in [5.74, 6) is 1.94. The number of aryl methyl sites for hydroxylation is 2. The third-order valence-electron chi connectivity index (χ3n) is 3.42. The van der Waals surface area contributed by atoms with Crippen molar-refractivity contribution in [2.45, 2.75) is 33.2 Å². The number of hydrogen-bond acceptors (Lipinski definition) is 4. The fourth-order valence-corrected chi connectivity index (χ4v) is 4.25. The van der Waals surface area contributed by atoms with Gasteiger partial charge in [-0.1, -0.05) is 6.92 Å². The second-order valence-electron chi connectivity index (χ2n) is 4.79. The first-order chi connectivity index (χ1) is 9.15. The van der Waals surface area contributed by atoms with Gasteiger partial charge >= 0.3 is 0 Å². The van der Waals surface area contributed by atoms with Gasteiger partial charge in [-0.05, 0) is 47.3 Å². The molecule has 19 heavy (non-hydrogen) atoms. The Morgan fingerprint density at radius 2 is 2.21 bits per heavy atom. The monoisotopic (exact) mass is 337 g/mol. The summed E-state index contributed by atoms with van der Waals surface area (Å²) in [5.41, 5.74) is 2.61. The fraction of sp³-hybridized carbons (Fsp3) is 0.429. The van der Waals surface area contributed by atoms with Crippen molar-refractivity contribution >= 4 is 33.1 Å². The molecule has 3 heterocycles. The van der Waals surface area contributed by atoms with E-state index in [9.17, 15) is 0 Å². The molecule has 0 atom stereocenters. The number of rotatable bonds is 2. The van der Waals surface area contributed by atoms with Crippen LogP contribution in [0.15, 0.2) is 15.9 Å². The molecule has 0 saturated carbocycles. The highest BCUT2D eigenvalue weighted by Crippen LogP contribution is 2.33. The van der Waals surface area contributed by atoms with E-state index in [4.69, 9.17) is 0 Å². The lowest BCUT2D eigenvalue weighted by molar-refractivity contribution is 0.726. The van der Waals surface area contributed by atoms with E-state index < -0.39 is 0 Å². The molecule has 1 aliphatic rings. The number of thiophene rings is 1. The maximum atomic E-state index is 4.59. The molecule has 1 aliphatic heterocycles. The highest BCUT2D eigenvalue weighted by Gasteiger charge is 2.20. The van der Waals surface area contributed by atoms with Crippen LogP contribution in [0.5, 0.6) is 0 Å². The average Bonchev–Trinajstić information content (AvgIpc) is 2.76. The van der Waals surface area contributed by atoms with Crippen LogP contribution in [-0.4, -0.2) is 16.5 Å². The van der Waals surface area contributed by atoms with E-state index in [0.717, 1.165) is 43.3 Å². The number of hydrogen-bond donors (Lipinski definition) is 0. The van der Waals surface area contributed by atoms with Crippen LogP contribution in [0.1, 0.15) is 28.9 Å². The number of nitrogens with zero attached hydrogens (tertiary/aromatic N) is 3. The van der Waals surface area contributed by atoms with E-state index in [1.165, 1.54) is 14.2 Å². The van der Waals surface area contributed by atoms with Gasteiger partial charge in [-0.25, -0.2) is 9.97 Å². The summed E-state index contributed by atoms with van der Waals surface area (Å²) in [6.45, 7) is 6.11. The van der Waals surface area contributed by atoms with Crippen molar-refractivity contribution in [2.75, 3.05) is 11.4 Å². The molecule has 0 aliphatic carbocycles. The summed E-state index contributed by atoms with van der Waals surface area (Å²) in [4.78, 5) is 12.9. The Kier molecular flexibility index (Phi) is 3.58. The minimum Gasteiger partial charge on any atom is -0.351 e. The molecule has 3 rings (SSSR count). The number of anilines is 1. The third kappa shape index (κ3) is 2.67. The largest absolute Gasteiger partial charge is 0.351 e. The molecular weight excluding hydrogens is 322 g/mol. The molecule has 0 fully saturated rings. The summed E-state index contributed by atoms with van der Waals surface area (Å²) in [6, 6.07) is 4.38. The van der Waals surface area contributed by atoms with Crippen molar-refractivity contribution in [1.82, 2.24) is 9.97 Å². The van der Waals surface area contributed by atoms with E-state index in [0.29, 0.717) is 0 Å². The van der Waals surface area contributed by atoms with Crippen molar-refractivity contribution in [3.63, 3.8) is 0 Å². The Balaban J connectivity index is 1.90. The molecular formula is C14H16BrN3S. The van der Waals surface area contributed by atoms with Crippen molar-refractivity contribution in [3.05, 3.63) is 37.9 Å². The van der Waals surface area contributed by atoms with Gasteiger partial charge in [0.25, 0.3) is 0 Å². The Morgan fingerprint density at radius 3 is 3.00 bits per heavy atom. The van der Waals surface area contributed by atoms with E-state index in [2.05, 4.69) is 49.9 Å². The molecule has 2 aromatic heterocycles. The molecule has 0 bridgehead atoms. The lowest BCUT2D eigenvalue weighted by Gasteiger charge is -2.28. The van der Waals surface area contributed by atoms with Gasteiger partial charge in [-0.3, -0.25) is 0 Å². The molecule has 5 heteroatoms. The van der Waals surface area contributed by atoms with Crippen molar-refractivity contribution < 1.29 is 0 Å². The normalized spacial score (nSPS) is 14.6. The van der Waals surface area contributed by atoms with Crippen LogP contribution in [0.25, 0.3) is 0 Å². The van der Waals surface area contributed by atoms with Crippen LogP contribution >= 0.6 is 27.3 Å². The first-order valence-corrected chi connectivity index (χ1v) is 8.13. The minimum absolute atomic E-state index is 0.868. The molecule has 0 radical (unpaired) electrons. The van der Waals surface area contributed by atoms with Crippen LogP contribution < -0.4 is 4.90 Å². The van der Waals surface area contributed by atoms with Gasteiger partial charge in [-0.15, -0.1) is 11.3 Å².